The van der Waals surface area contributed by atoms with Crippen molar-refractivity contribution in [2.75, 3.05) is 25.3 Å². The molecule has 0 heterocycles. The summed E-state index contributed by atoms with van der Waals surface area (Å²) in [5, 5.41) is 2.88. The summed E-state index contributed by atoms with van der Waals surface area (Å²) < 4.78 is 23.4. The minimum absolute atomic E-state index is 0.214. The lowest BCUT2D eigenvalue weighted by Crippen LogP contribution is -2.06. The monoisotopic (exact) mass is 290 g/mol. The second kappa shape index (κ2) is 6.13. The van der Waals surface area contributed by atoms with Gasteiger partial charge in [0.25, 0.3) is 0 Å². The molecule has 0 radical (unpaired) electrons. The number of benzene rings is 2. The average Bonchev–Trinajstić information content (AvgIpc) is 2.50. The number of anilines is 3. The van der Waals surface area contributed by atoms with Crippen LogP contribution in [-0.2, 0) is 4.74 Å². The third-order valence-electron chi connectivity index (χ3n) is 2.91. The molecule has 0 aliphatic rings. The summed E-state index contributed by atoms with van der Waals surface area (Å²) in [6.07, 6.45) is 0. The zero-order valence-corrected chi connectivity index (χ0v) is 11.6. The maximum atomic E-state index is 13.8. The molecule has 2 aromatic rings. The molecular formula is C15H15FN2O3. The lowest BCUT2D eigenvalue weighted by Gasteiger charge is -2.11. The van der Waals surface area contributed by atoms with Gasteiger partial charge >= 0.3 is 5.97 Å². The molecule has 2 aromatic carbocycles. The Kier molecular flexibility index (Phi) is 4.27. The van der Waals surface area contributed by atoms with Crippen molar-refractivity contribution in [2.24, 2.45) is 0 Å². The summed E-state index contributed by atoms with van der Waals surface area (Å²) in [5.74, 6) is -0.475. The number of nitrogens with two attached hydrogens (primary N) is 1. The number of hydrogen-bond acceptors (Lipinski definition) is 5. The number of carbonyl (C=O) groups is 1. The van der Waals surface area contributed by atoms with Crippen LogP contribution in [0.1, 0.15) is 10.4 Å². The van der Waals surface area contributed by atoms with Gasteiger partial charge in [-0.3, -0.25) is 0 Å². The van der Waals surface area contributed by atoms with E-state index in [1.54, 1.807) is 12.1 Å². The van der Waals surface area contributed by atoms with Crippen LogP contribution in [0.5, 0.6) is 5.75 Å². The zero-order chi connectivity index (χ0) is 15.4. The third kappa shape index (κ3) is 3.22. The normalized spacial score (nSPS) is 10.0. The Balaban J connectivity index is 2.34. The molecule has 6 heteroatoms. The Hall–Kier alpha value is -2.76. The summed E-state index contributed by atoms with van der Waals surface area (Å²) in [4.78, 5) is 11.6. The van der Waals surface area contributed by atoms with Gasteiger partial charge in [-0.1, -0.05) is 0 Å². The van der Waals surface area contributed by atoms with Crippen molar-refractivity contribution in [1.82, 2.24) is 0 Å². The van der Waals surface area contributed by atoms with Gasteiger partial charge in [0.2, 0.25) is 0 Å². The van der Waals surface area contributed by atoms with Gasteiger partial charge in [-0.25, -0.2) is 9.18 Å². The summed E-state index contributed by atoms with van der Waals surface area (Å²) >= 11 is 0. The Morgan fingerprint density at radius 2 is 1.95 bits per heavy atom. The number of ether oxygens (including phenoxy) is 2. The maximum Gasteiger partial charge on any atom is 0.340 e. The van der Waals surface area contributed by atoms with Gasteiger partial charge in [0.1, 0.15) is 11.6 Å². The van der Waals surface area contributed by atoms with Crippen LogP contribution in [-0.4, -0.2) is 20.2 Å². The smallest absolute Gasteiger partial charge is 0.340 e. The first-order valence-corrected chi connectivity index (χ1v) is 6.13. The highest BCUT2D eigenvalue weighted by atomic mass is 19.1. The van der Waals surface area contributed by atoms with Crippen LogP contribution in [0, 0.1) is 5.82 Å². The van der Waals surface area contributed by atoms with E-state index in [4.69, 9.17) is 10.5 Å². The quantitative estimate of drug-likeness (QED) is 0.669. The SMILES string of the molecule is COC(=O)c1cc(Nc2cc(OC)ccc2F)ccc1N. The summed E-state index contributed by atoms with van der Waals surface area (Å²) in [7, 11) is 2.76. The number of halogens is 1. The van der Waals surface area contributed by atoms with Crippen molar-refractivity contribution < 1.29 is 18.7 Å². The Morgan fingerprint density at radius 3 is 2.62 bits per heavy atom. The van der Waals surface area contributed by atoms with E-state index >= 15 is 0 Å². The number of nitrogens with one attached hydrogen (secondary N) is 1. The van der Waals surface area contributed by atoms with Gasteiger partial charge in [0.15, 0.2) is 0 Å². The fourth-order valence-electron chi connectivity index (χ4n) is 1.80. The van der Waals surface area contributed by atoms with Crippen LogP contribution in [0.2, 0.25) is 0 Å². The number of hydrogen-bond donors (Lipinski definition) is 2. The molecule has 0 saturated carbocycles. The molecule has 0 aromatic heterocycles. The van der Waals surface area contributed by atoms with Crippen molar-refractivity contribution in [3.05, 3.63) is 47.8 Å². The molecule has 0 aliphatic heterocycles. The molecule has 0 saturated heterocycles. The van der Waals surface area contributed by atoms with E-state index in [0.717, 1.165) is 0 Å². The van der Waals surface area contributed by atoms with Crippen molar-refractivity contribution in [2.45, 2.75) is 0 Å². The second-order valence-electron chi connectivity index (χ2n) is 4.26. The van der Waals surface area contributed by atoms with Gasteiger partial charge in [-0.15, -0.1) is 0 Å². The summed E-state index contributed by atoms with van der Waals surface area (Å²) in [6, 6.07) is 9.01. The first-order valence-electron chi connectivity index (χ1n) is 6.13. The molecule has 0 amide bonds. The van der Waals surface area contributed by atoms with Crippen LogP contribution in [0.3, 0.4) is 0 Å². The Morgan fingerprint density at radius 1 is 1.19 bits per heavy atom. The Labute approximate surface area is 121 Å². The van der Waals surface area contributed by atoms with Crippen molar-refractivity contribution in [3.8, 4) is 5.75 Å². The van der Waals surface area contributed by atoms with Crippen LogP contribution >= 0.6 is 0 Å². The topological polar surface area (TPSA) is 73.6 Å². The zero-order valence-electron chi connectivity index (χ0n) is 11.6. The first kappa shape index (κ1) is 14.6. The third-order valence-corrected chi connectivity index (χ3v) is 2.91. The molecule has 3 N–H and O–H groups in total. The van der Waals surface area contributed by atoms with Gasteiger partial charge in [-0.05, 0) is 30.3 Å². The van der Waals surface area contributed by atoms with Crippen LogP contribution < -0.4 is 15.8 Å². The lowest BCUT2D eigenvalue weighted by atomic mass is 10.1. The minimum Gasteiger partial charge on any atom is -0.497 e. The van der Waals surface area contributed by atoms with E-state index in [-0.39, 0.29) is 11.3 Å². The first-order chi connectivity index (χ1) is 10.0. The van der Waals surface area contributed by atoms with E-state index in [2.05, 4.69) is 10.1 Å². The van der Waals surface area contributed by atoms with E-state index < -0.39 is 11.8 Å². The van der Waals surface area contributed by atoms with E-state index in [0.29, 0.717) is 17.1 Å². The van der Waals surface area contributed by atoms with E-state index in [1.165, 1.54) is 38.5 Å². The fourth-order valence-corrected chi connectivity index (χ4v) is 1.80. The number of rotatable bonds is 4. The lowest BCUT2D eigenvalue weighted by molar-refractivity contribution is 0.0602. The molecular weight excluding hydrogens is 275 g/mol. The number of methoxy groups -OCH3 is 2. The molecule has 0 unspecified atom stereocenters. The van der Waals surface area contributed by atoms with Crippen molar-refractivity contribution in [3.63, 3.8) is 0 Å². The highest BCUT2D eigenvalue weighted by Crippen LogP contribution is 2.26. The number of esters is 1. The Bertz CT molecular complexity index is 674. The summed E-state index contributed by atoms with van der Waals surface area (Å²) in [5.41, 5.74) is 6.96. The fraction of sp³-hybridized carbons (Fsp3) is 0.133. The molecule has 0 aliphatic carbocycles. The van der Waals surface area contributed by atoms with E-state index in [9.17, 15) is 9.18 Å². The number of carbonyl (C=O) groups excluding carboxylic acids is 1. The molecule has 0 atom stereocenters. The molecule has 110 valence electrons. The molecule has 5 nitrogen and oxygen atoms in total. The van der Waals surface area contributed by atoms with Gasteiger partial charge in [0, 0.05) is 17.4 Å². The van der Waals surface area contributed by atoms with Gasteiger partial charge < -0.3 is 20.5 Å². The average molecular weight is 290 g/mol. The van der Waals surface area contributed by atoms with Crippen LogP contribution in [0.25, 0.3) is 0 Å². The predicted octanol–water partition coefficient (Wildman–Crippen LogP) is 2.95. The van der Waals surface area contributed by atoms with Crippen LogP contribution in [0.4, 0.5) is 21.5 Å². The van der Waals surface area contributed by atoms with Gasteiger partial charge in [0.05, 0.1) is 25.5 Å². The second-order valence-corrected chi connectivity index (χ2v) is 4.26. The molecule has 2 rings (SSSR count). The molecule has 21 heavy (non-hydrogen) atoms. The minimum atomic E-state index is -0.553. The van der Waals surface area contributed by atoms with Crippen molar-refractivity contribution >= 4 is 23.0 Å². The predicted molar refractivity (Wildman–Crippen MR) is 78.4 cm³/mol. The van der Waals surface area contributed by atoms with Gasteiger partial charge in [-0.2, -0.15) is 0 Å². The van der Waals surface area contributed by atoms with E-state index in [1.807, 2.05) is 0 Å². The number of nitrogen functional groups attached to an aromatic ring is 1. The molecule has 0 fully saturated rings. The standard InChI is InChI=1S/C15H15FN2O3/c1-20-10-4-5-12(16)14(8-10)18-9-3-6-13(17)11(7-9)15(19)21-2/h3-8,18H,17H2,1-2H3. The van der Waals surface area contributed by atoms with Crippen molar-refractivity contribution in [1.29, 1.82) is 0 Å². The molecule has 0 spiro atoms. The highest BCUT2D eigenvalue weighted by Gasteiger charge is 2.12. The highest BCUT2D eigenvalue weighted by molar-refractivity contribution is 5.96. The maximum absolute atomic E-state index is 13.8. The van der Waals surface area contributed by atoms with Crippen LogP contribution in [0.15, 0.2) is 36.4 Å². The summed E-state index contributed by atoms with van der Waals surface area (Å²) in [6.45, 7) is 0. The molecule has 0 bridgehead atoms. The largest absolute Gasteiger partial charge is 0.497 e.